The van der Waals surface area contributed by atoms with Gasteiger partial charge in [0.15, 0.2) is 36.1 Å². The summed E-state index contributed by atoms with van der Waals surface area (Å²) in [7, 11) is 0. The molecule has 2 aliphatic rings. The van der Waals surface area contributed by atoms with Crippen LogP contribution in [0.5, 0.6) is 28.7 Å². The van der Waals surface area contributed by atoms with Gasteiger partial charge in [-0.2, -0.15) is 0 Å². The predicted molar refractivity (Wildman–Crippen MR) is 106 cm³/mol. The van der Waals surface area contributed by atoms with Gasteiger partial charge in [-0.25, -0.2) is 4.79 Å². The number of Topliss-reactive ketones (excluding diaryl/α,β-unsaturated/α-hetero) is 1. The van der Waals surface area contributed by atoms with Crippen LogP contribution in [0.25, 0.3) is 0 Å². The Balaban J connectivity index is 1.76. The van der Waals surface area contributed by atoms with Gasteiger partial charge in [-0.15, -0.1) is 0 Å². The van der Waals surface area contributed by atoms with E-state index in [-0.39, 0.29) is 11.3 Å². The lowest BCUT2D eigenvalue weighted by molar-refractivity contribution is -0.304. The van der Waals surface area contributed by atoms with E-state index in [4.69, 9.17) is 14.2 Å². The van der Waals surface area contributed by atoms with Crippen LogP contribution >= 0.6 is 0 Å². The Morgan fingerprint density at radius 2 is 1.59 bits per heavy atom. The van der Waals surface area contributed by atoms with Gasteiger partial charge in [0, 0.05) is 12.1 Å². The van der Waals surface area contributed by atoms with Crippen LogP contribution in [0.15, 0.2) is 30.3 Å². The number of carbonyl (C=O) groups excluding carboxylic acids is 1. The molecule has 2 heterocycles. The molecule has 2 aliphatic heterocycles. The maximum Gasteiger partial charge on any atom is 0.335 e. The monoisotopic (exact) mass is 480 g/mol. The fourth-order valence-electron chi connectivity index (χ4n) is 3.81. The summed E-state index contributed by atoms with van der Waals surface area (Å²) in [5, 5.41) is 78.9. The van der Waals surface area contributed by atoms with E-state index >= 15 is 0 Å². The zero-order valence-electron chi connectivity index (χ0n) is 17.0. The van der Waals surface area contributed by atoms with Crippen LogP contribution < -0.4 is 4.74 Å². The lowest BCUT2D eigenvalue weighted by Crippen LogP contribution is -2.61. The summed E-state index contributed by atoms with van der Waals surface area (Å²) >= 11 is 0. The molecule has 2 aromatic rings. The minimum absolute atomic E-state index is 0.0720. The van der Waals surface area contributed by atoms with Crippen molar-refractivity contribution in [2.45, 2.75) is 42.9 Å². The van der Waals surface area contributed by atoms with Crippen LogP contribution in [0.3, 0.4) is 0 Å². The fraction of sp³-hybridized carbons (Fsp3) is 0.333. The van der Waals surface area contributed by atoms with E-state index in [1.807, 2.05) is 0 Å². The van der Waals surface area contributed by atoms with Gasteiger partial charge in [-0.05, 0) is 17.7 Å². The van der Waals surface area contributed by atoms with Crippen molar-refractivity contribution in [2.24, 2.45) is 0 Å². The molecule has 4 rings (SSSR count). The maximum atomic E-state index is 13.3. The smallest absolute Gasteiger partial charge is 0.335 e. The van der Waals surface area contributed by atoms with Gasteiger partial charge in [0.2, 0.25) is 5.78 Å². The van der Waals surface area contributed by atoms with Crippen molar-refractivity contribution < 1.29 is 64.7 Å². The number of carboxylic acid groups (broad SMARTS) is 1. The molecule has 182 valence electrons. The molecule has 0 amide bonds. The highest BCUT2D eigenvalue weighted by atomic mass is 16.7. The second-order valence-electron chi connectivity index (χ2n) is 7.78. The van der Waals surface area contributed by atoms with Crippen LogP contribution in [0.2, 0.25) is 0 Å². The Morgan fingerprint density at radius 3 is 2.24 bits per heavy atom. The van der Waals surface area contributed by atoms with Crippen LogP contribution in [0, 0.1) is 0 Å². The molecular weight excluding hydrogens is 460 g/mol. The average Bonchev–Trinajstić information content (AvgIpc) is 2.76. The molecule has 8 N–H and O–H groups in total. The van der Waals surface area contributed by atoms with Crippen LogP contribution in [0.1, 0.15) is 22.0 Å². The number of phenols is 4. The number of aliphatic hydroxyl groups is 3. The maximum absolute atomic E-state index is 13.3. The Labute approximate surface area is 190 Å². The predicted octanol–water partition coefficient (Wildman–Crippen LogP) is -0.897. The van der Waals surface area contributed by atoms with E-state index in [1.54, 1.807) is 0 Å². The van der Waals surface area contributed by atoms with E-state index in [2.05, 4.69) is 0 Å². The number of ketones is 1. The van der Waals surface area contributed by atoms with Crippen molar-refractivity contribution in [1.82, 2.24) is 0 Å². The van der Waals surface area contributed by atoms with Gasteiger partial charge in [0.25, 0.3) is 0 Å². The highest BCUT2D eigenvalue weighted by Gasteiger charge is 2.51. The second kappa shape index (κ2) is 8.62. The fourth-order valence-corrected chi connectivity index (χ4v) is 3.81. The molecule has 7 atom stereocenters. The minimum atomic E-state index is -2.01. The first-order valence-electron chi connectivity index (χ1n) is 9.86. The summed E-state index contributed by atoms with van der Waals surface area (Å²) in [4.78, 5) is 24.7. The summed E-state index contributed by atoms with van der Waals surface area (Å²) in [5.74, 6) is -4.99. The highest BCUT2D eigenvalue weighted by molar-refractivity contribution is 6.05. The number of hydrogen-bond donors (Lipinski definition) is 8. The molecule has 7 unspecified atom stereocenters. The summed E-state index contributed by atoms with van der Waals surface area (Å²) in [6.07, 6.45) is -13.1. The normalized spacial score (nSPS) is 30.9. The third kappa shape index (κ3) is 3.95. The van der Waals surface area contributed by atoms with Crippen molar-refractivity contribution in [3.63, 3.8) is 0 Å². The first-order chi connectivity index (χ1) is 16.0. The van der Waals surface area contributed by atoms with Crippen molar-refractivity contribution >= 4 is 11.8 Å². The van der Waals surface area contributed by atoms with Crippen molar-refractivity contribution in [3.05, 3.63) is 41.5 Å². The number of carbonyl (C=O) groups is 2. The number of carboxylic acids is 1. The molecule has 13 heteroatoms. The lowest BCUT2D eigenvalue weighted by atomic mass is 9.92. The molecule has 13 nitrogen and oxygen atoms in total. The topological polar surface area (TPSA) is 224 Å². The number of hydrogen-bond acceptors (Lipinski definition) is 12. The number of aliphatic carboxylic acids is 1. The van der Waals surface area contributed by atoms with Gasteiger partial charge in [-0.1, -0.05) is 6.07 Å². The molecular formula is C21H20O13. The number of aliphatic hydroxyl groups excluding tert-OH is 3. The van der Waals surface area contributed by atoms with Gasteiger partial charge < -0.3 is 55.1 Å². The van der Waals surface area contributed by atoms with Gasteiger partial charge in [0.05, 0.1) is 0 Å². The van der Waals surface area contributed by atoms with Crippen LogP contribution in [-0.4, -0.2) is 89.4 Å². The minimum Gasteiger partial charge on any atom is -0.508 e. The third-order valence-electron chi connectivity index (χ3n) is 5.52. The van der Waals surface area contributed by atoms with E-state index in [9.17, 15) is 50.4 Å². The molecule has 0 aromatic heterocycles. The Bertz CT molecular complexity index is 1130. The van der Waals surface area contributed by atoms with E-state index in [0.29, 0.717) is 0 Å². The second-order valence-corrected chi connectivity index (χ2v) is 7.78. The van der Waals surface area contributed by atoms with Gasteiger partial charge >= 0.3 is 5.97 Å². The number of fused-ring (bicyclic) bond motifs is 1. The Morgan fingerprint density at radius 1 is 0.882 bits per heavy atom. The molecule has 0 radical (unpaired) electrons. The Kier molecular flexibility index (Phi) is 5.97. The molecule has 0 spiro atoms. The SMILES string of the molecule is O=C1c2c(O)cc(O)cc2OC(c2ccc(O)c(O)c2)C1OC1OC(C(=O)O)C(O)C(O)C1O. The first-order valence-corrected chi connectivity index (χ1v) is 9.86. The Hall–Kier alpha value is -3.62. The van der Waals surface area contributed by atoms with Crippen LogP contribution in [0.4, 0.5) is 0 Å². The average molecular weight is 480 g/mol. The zero-order chi connectivity index (χ0) is 24.9. The summed E-state index contributed by atoms with van der Waals surface area (Å²) in [6.45, 7) is 0. The number of aromatic hydroxyl groups is 4. The number of ether oxygens (including phenoxy) is 3. The largest absolute Gasteiger partial charge is 0.508 e. The molecule has 0 saturated carbocycles. The highest BCUT2D eigenvalue weighted by Crippen LogP contribution is 2.44. The van der Waals surface area contributed by atoms with E-state index in [1.165, 1.54) is 6.07 Å². The van der Waals surface area contributed by atoms with Crippen molar-refractivity contribution in [1.29, 1.82) is 0 Å². The third-order valence-corrected chi connectivity index (χ3v) is 5.52. The lowest BCUT2D eigenvalue weighted by Gasteiger charge is -2.41. The van der Waals surface area contributed by atoms with Crippen molar-refractivity contribution in [3.8, 4) is 28.7 Å². The van der Waals surface area contributed by atoms with Gasteiger partial charge in [-0.3, -0.25) is 4.79 Å². The van der Waals surface area contributed by atoms with Gasteiger partial charge in [0.1, 0.15) is 41.1 Å². The molecule has 0 bridgehead atoms. The van der Waals surface area contributed by atoms with E-state index in [0.717, 1.165) is 24.3 Å². The number of rotatable bonds is 4. The standard InChI is InChI=1S/C21H20O13/c22-7-4-10(25)12-11(5-7)32-17(6-1-2-8(23)9(24)3-6)18(13(12)26)33-21-16(29)14(27)15(28)19(34-21)20(30)31/h1-5,14-19,21-25,27-29H,(H,30,31). The summed E-state index contributed by atoms with van der Waals surface area (Å²) in [5.41, 5.74) is -0.328. The summed E-state index contributed by atoms with van der Waals surface area (Å²) < 4.78 is 16.3. The number of benzene rings is 2. The quantitative estimate of drug-likeness (QED) is 0.249. The van der Waals surface area contributed by atoms with Crippen molar-refractivity contribution in [2.75, 3.05) is 0 Å². The molecule has 1 fully saturated rings. The van der Waals surface area contributed by atoms with Crippen LogP contribution in [-0.2, 0) is 14.3 Å². The number of phenolic OH excluding ortho intramolecular Hbond substituents is 4. The van der Waals surface area contributed by atoms with E-state index < -0.39 is 83.2 Å². The molecule has 0 aliphatic carbocycles. The molecule has 34 heavy (non-hydrogen) atoms. The summed E-state index contributed by atoms with van der Waals surface area (Å²) in [6, 6.07) is 5.33. The molecule has 1 saturated heterocycles. The molecule has 2 aromatic carbocycles. The zero-order valence-corrected chi connectivity index (χ0v) is 17.0. The first kappa shape index (κ1) is 23.5.